The van der Waals surface area contributed by atoms with E-state index in [-0.39, 0.29) is 10.8 Å². The number of benzene rings is 2. The molecule has 0 unspecified atom stereocenters. The lowest BCUT2D eigenvalue weighted by molar-refractivity contribution is -0.120. The number of rotatable bonds is 4. The van der Waals surface area contributed by atoms with E-state index in [2.05, 4.69) is 5.32 Å². The Morgan fingerprint density at radius 2 is 1.84 bits per heavy atom. The SMILES string of the molecule is Cc1cccc(NC(=O)[C@@H]2CCCCN2S(=O)(=O)c2ccccc2)c1. The fraction of sp³-hybridized carbons (Fsp3) is 0.316. The Hall–Kier alpha value is -2.18. The number of carbonyl (C=O) groups excluding carboxylic acids is 1. The zero-order chi connectivity index (χ0) is 17.9. The minimum atomic E-state index is -3.68. The van der Waals surface area contributed by atoms with E-state index in [9.17, 15) is 13.2 Å². The van der Waals surface area contributed by atoms with Gasteiger partial charge in [-0.2, -0.15) is 4.31 Å². The number of amides is 1. The van der Waals surface area contributed by atoms with Gasteiger partial charge >= 0.3 is 0 Å². The van der Waals surface area contributed by atoms with E-state index < -0.39 is 16.1 Å². The highest BCUT2D eigenvalue weighted by Crippen LogP contribution is 2.26. The predicted molar refractivity (Wildman–Crippen MR) is 97.8 cm³/mol. The van der Waals surface area contributed by atoms with E-state index in [1.807, 2.05) is 31.2 Å². The van der Waals surface area contributed by atoms with Crippen molar-refractivity contribution in [1.82, 2.24) is 4.31 Å². The largest absolute Gasteiger partial charge is 0.325 e. The van der Waals surface area contributed by atoms with Crippen molar-refractivity contribution in [2.24, 2.45) is 0 Å². The Labute approximate surface area is 148 Å². The molecule has 132 valence electrons. The van der Waals surface area contributed by atoms with Crippen LogP contribution in [0.1, 0.15) is 24.8 Å². The van der Waals surface area contributed by atoms with Gasteiger partial charge in [-0.25, -0.2) is 8.42 Å². The quantitative estimate of drug-likeness (QED) is 0.913. The van der Waals surface area contributed by atoms with Gasteiger partial charge in [0, 0.05) is 12.2 Å². The predicted octanol–water partition coefficient (Wildman–Crippen LogP) is 3.18. The highest BCUT2D eigenvalue weighted by Gasteiger charge is 2.37. The van der Waals surface area contributed by atoms with Crippen molar-refractivity contribution in [3.63, 3.8) is 0 Å². The number of hydrogen-bond donors (Lipinski definition) is 1. The summed E-state index contributed by atoms with van der Waals surface area (Å²) in [6.07, 6.45) is 2.14. The third kappa shape index (κ3) is 3.91. The lowest BCUT2D eigenvalue weighted by Crippen LogP contribution is -2.49. The lowest BCUT2D eigenvalue weighted by Gasteiger charge is -2.33. The minimum Gasteiger partial charge on any atom is -0.325 e. The molecular weight excluding hydrogens is 336 g/mol. The smallest absolute Gasteiger partial charge is 0.243 e. The molecule has 25 heavy (non-hydrogen) atoms. The fourth-order valence-corrected chi connectivity index (χ4v) is 4.81. The summed E-state index contributed by atoms with van der Waals surface area (Å²) in [7, 11) is -3.68. The number of aryl methyl sites for hydroxylation is 1. The summed E-state index contributed by atoms with van der Waals surface area (Å²) < 4.78 is 27.3. The molecule has 1 atom stereocenters. The molecule has 1 amide bonds. The first-order valence-corrected chi connectivity index (χ1v) is 9.87. The number of carbonyl (C=O) groups is 1. The normalized spacial score (nSPS) is 18.7. The molecule has 0 radical (unpaired) electrons. The first-order valence-electron chi connectivity index (χ1n) is 8.43. The highest BCUT2D eigenvalue weighted by molar-refractivity contribution is 7.89. The van der Waals surface area contributed by atoms with Crippen molar-refractivity contribution in [3.05, 3.63) is 60.2 Å². The molecule has 3 rings (SSSR count). The molecule has 5 nitrogen and oxygen atoms in total. The van der Waals surface area contributed by atoms with Gasteiger partial charge in [-0.15, -0.1) is 0 Å². The second-order valence-corrected chi connectivity index (χ2v) is 8.19. The standard InChI is InChI=1S/C19H22N2O3S/c1-15-8-7-9-16(14-15)20-19(22)18-12-5-6-13-21(18)25(23,24)17-10-3-2-4-11-17/h2-4,7-11,14,18H,5-6,12-13H2,1H3,(H,20,22)/t18-/m0/s1. The van der Waals surface area contributed by atoms with E-state index in [4.69, 9.17) is 0 Å². The Kier molecular flexibility index (Phi) is 5.20. The van der Waals surface area contributed by atoms with E-state index in [1.165, 1.54) is 4.31 Å². The van der Waals surface area contributed by atoms with Gasteiger partial charge in [-0.05, 0) is 49.6 Å². The van der Waals surface area contributed by atoms with Gasteiger partial charge in [0.05, 0.1) is 4.90 Å². The van der Waals surface area contributed by atoms with E-state index in [1.54, 1.807) is 30.3 Å². The third-order valence-electron chi connectivity index (χ3n) is 4.39. The maximum Gasteiger partial charge on any atom is 0.243 e. The highest BCUT2D eigenvalue weighted by atomic mass is 32.2. The number of anilines is 1. The molecule has 1 saturated heterocycles. The molecule has 6 heteroatoms. The summed E-state index contributed by atoms with van der Waals surface area (Å²) in [5.74, 6) is -0.273. The van der Waals surface area contributed by atoms with Crippen LogP contribution < -0.4 is 5.32 Å². The monoisotopic (exact) mass is 358 g/mol. The van der Waals surface area contributed by atoms with E-state index >= 15 is 0 Å². The van der Waals surface area contributed by atoms with Crippen LogP contribution in [0.5, 0.6) is 0 Å². The molecule has 1 aliphatic rings. The van der Waals surface area contributed by atoms with Gasteiger partial charge in [0.15, 0.2) is 0 Å². The first-order chi connectivity index (χ1) is 12.0. The number of piperidine rings is 1. The molecule has 0 spiro atoms. The van der Waals surface area contributed by atoms with Crippen molar-refractivity contribution in [2.75, 3.05) is 11.9 Å². The molecule has 1 fully saturated rings. The maximum atomic E-state index is 13.0. The summed E-state index contributed by atoms with van der Waals surface area (Å²) in [4.78, 5) is 13.0. The summed E-state index contributed by atoms with van der Waals surface area (Å²) in [5, 5.41) is 2.86. The van der Waals surface area contributed by atoms with Crippen LogP contribution in [-0.4, -0.2) is 31.2 Å². The zero-order valence-electron chi connectivity index (χ0n) is 14.2. The van der Waals surface area contributed by atoms with Crippen LogP contribution >= 0.6 is 0 Å². The average molecular weight is 358 g/mol. The number of nitrogens with zero attached hydrogens (tertiary/aromatic N) is 1. The van der Waals surface area contributed by atoms with E-state index in [0.717, 1.165) is 18.4 Å². The Bertz CT molecular complexity index is 850. The van der Waals surface area contributed by atoms with Crippen LogP contribution in [0.4, 0.5) is 5.69 Å². The van der Waals surface area contributed by atoms with Crippen molar-refractivity contribution in [2.45, 2.75) is 37.1 Å². The van der Waals surface area contributed by atoms with Crippen molar-refractivity contribution < 1.29 is 13.2 Å². The van der Waals surface area contributed by atoms with Crippen molar-refractivity contribution in [1.29, 1.82) is 0 Å². The van der Waals surface area contributed by atoms with Gasteiger partial charge in [0.25, 0.3) is 0 Å². The maximum absolute atomic E-state index is 13.0. The molecule has 0 saturated carbocycles. The molecule has 1 heterocycles. The Balaban J connectivity index is 1.84. The summed E-state index contributed by atoms with van der Waals surface area (Å²) in [6.45, 7) is 2.31. The summed E-state index contributed by atoms with van der Waals surface area (Å²) >= 11 is 0. The van der Waals surface area contributed by atoms with Gasteiger partial charge in [-0.3, -0.25) is 4.79 Å². The summed E-state index contributed by atoms with van der Waals surface area (Å²) in [5.41, 5.74) is 1.72. The van der Waals surface area contributed by atoms with Crippen LogP contribution in [0, 0.1) is 6.92 Å². The average Bonchev–Trinajstić information content (AvgIpc) is 2.62. The van der Waals surface area contributed by atoms with E-state index in [0.29, 0.717) is 18.7 Å². The molecule has 1 N–H and O–H groups in total. The van der Waals surface area contributed by atoms with Crippen molar-refractivity contribution >= 4 is 21.6 Å². The molecule has 0 aliphatic carbocycles. The molecule has 0 bridgehead atoms. The van der Waals surface area contributed by atoms with Crippen LogP contribution in [-0.2, 0) is 14.8 Å². The molecular formula is C19H22N2O3S. The molecule has 1 aliphatic heterocycles. The molecule has 0 aromatic heterocycles. The van der Waals surface area contributed by atoms with Crippen LogP contribution in [0.2, 0.25) is 0 Å². The first kappa shape index (κ1) is 17.6. The number of nitrogens with one attached hydrogen (secondary N) is 1. The van der Waals surface area contributed by atoms with Crippen LogP contribution in [0.25, 0.3) is 0 Å². The molecule has 2 aromatic carbocycles. The number of hydrogen-bond acceptors (Lipinski definition) is 3. The summed E-state index contributed by atoms with van der Waals surface area (Å²) in [6, 6.07) is 15.1. The second kappa shape index (κ2) is 7.37. The lowest BCUT2D eigenvalue weighted by atomic mass is 10.0. The topological polar surface area (TPSA) is 66.5 Å². The second-order valence-electron chi connectivity index (χ2n) is 6.30. The van der Waals surface area contributed by atoms with Crippen LogP contribution in [0.3, 0.4) is 0 Å². The van der Waals surface area contributed by atoms with Gasteiger partial charge in [0.1, 0.15) is 6.04 Å². The van der Waals surface area contributed by atoms with Gasteiger partial charge in [-0.1, -0.05) is 36.8 Å². The van der Waals surface area contributed by atoms with Gasteiger partial charge < -0.3 is 5.32 Å². The van der Waals surface area contributed by atoms with Crippen LogP contribution in [0.15, 0.2) is 59.5 Å². The minimum absolute atomic E-state index is 0.227. The van der Waals surface area contributed by atoms with Crippen molar-refractivity contribution in [3.8, 4) is 0 Å². The van der Waals surface area contributed by atoms with Gasteiger partial charge in [0.2, 0.25) is 15.9 Å². The molecule has 2 aromatic rings. The Morgan fingerprint density at radius 1 is 1.08 bits per heavy atom. The number of sulfonamides is 1. The third-order valence-corrected chi connectivity index (χ3v) is 6.31. The fourth-order valence-electron chi connectivity index (χ4n) is 3.13. The Morgan fingerprint density at radius 3 is 2.56 bits per heavy atom. The zero-order valence-corrected chi connectivity index (χ0v) is 15.0.